The van der Waals surface area contributed by atoms with Crippen LogP contribution >= 0.6 is 0 Å². The molecule has 4 heteroatoms. The van der Waals surface area contributed by atoms with E-state index in [1.165, 1.54) is 12.0 Å². The SMILES string of the molecule is Cn1nc(-c2cc3c(cc2F)CCCC3)cc1N. The molecular weight excluding hydrogens is 229 g/mol. The van der Waals surface area contributed by atoms with Gasteiger partial charge >= 0.3 is 0 Å². The Kier molecular flexibility index (Phi) is 2.58. The molecule has 3 nitrogen and oxygen atoms in total. The largest absolute Gasteiger partial charge is 0.384 e. The van der Waals surface area contributed by atoms with Gasteiger partial charge < -0.3 is 5.73 Å². The van der Waals surface area contributed by atoms with Crippen LogP contribution in [0.3, 0.4) is 0 Å². The Morgan fingerprint density at radius 3 is 2.44 bits per heavy atom. The lowest BCUT2D eigenvalue weighted by atomic mass is 9.89. The summed E-state index contributed by atoms with van der Waals surface area (Å²) in [5.41, 5.74) is 9.31. The number of rotatable bonds is 1. The van der Waals surface area contributed by atoms with Crippen LogP contribution in [0.4, 0.5) is 10.2 Å². The molecular formula is C14H16FN3. The standard InChI is InChI=1S/C14H16FN3/c1-18-14(16)8-13(17-18)11-6-9-4-2-3-5-10(9)7-12(11)15/h6-8H,2-5,16H2,1H3. The minimum Gasteiger partial charge on any atom is -0.384 e. The molecule has 18 heavy (non-hydrogen) atoms. The third-order valence-corrected chi connectivity index (χ3v) is 3.62. The number of nitrogens with zero attached hydrogens (tertiary/aromatic N) is 2. The number of nitrogens with two attached hydrogens (primary N) is 1. The Morgan fingerprint density at radius 1 is 1.17 bits per heavy atom. The predicted octanol–water partition coefficient (Wildman–Crippen LogP) is 2.69. The molecule has 0 bridgehead atoms. The average Bonchev–Trinajstić information content (AvgIpc) is 2.68. The maximum absolute atomic E-state index is 14.1. The fourth-order valence-corrected chi connectivity index (χ4v) is 2.57. The molecule has 0 saturated carbocycles. The lowest BCUT2D eigenvalue weighted by Gasteiger charge is -2.16. The summed E-state index contributed by atoms with van der Waals surface area (Å²) >= 11 is 0. The van der Waals surface area contributed by atoms with Gasteiger partial charge in [-0.2, -0.15) is 5.10 Å². The third kappa shape index (κ3) is 1.78. The summed E-state index contributed by atoms with van der Waals surface area (Å²) in [6, 6.07) is 5.31. The van der Waals surface area contributed by atoms with Crippen molar-refractivity contribution >= 4 is 5.82 Å². The maximum atomic E-state index is 14.1. The van der Waals surface area contributed by atoms with E-state index in [4.69, 9.17) is 5.73 Å². The zero-order valence-electron chi connectivity index (χ0n) is 10.4. The maximum Gasteiger partial charge on any atom is 0.132 e. The van der Waals surface area contributed by atoms with E-state index in [1.807, 2.05) is 6.07 Å². The summed E-state index contributed by atoms with van der Waals surface area (Å²) in [5.74, 6) is 0.343. The van der Waals surface area contributed by atoms with Gasteiger partial charge in [-0.1, -0.05) is 0 Å². The molecule has 94 valence electrons. The number of anilines is 1. The Labute approximate surface area is 105 Å². The molecule has 0 unspecified atom stereocenters. The van der Waals surface area contributed by atoms with E-state index in [-0.39, 0.29) is 5.82 Å². The summed E-state index contributed by atoms with van der Waals surface area (Å²) < 4.78 is 15.7. The zero-order valence-corrected chi connectivity index (χ0v) is 10.4. The Morgan fingerprint density at radius 2 is 1.83 bits per heavy atom. The van der Waals surface area contributed by atoms with Crippen molar-refractivity contribution in [1.29, 1.82) is 0 Å². The van der Waals surface area contributed by atoms with Crippen LogP contribution < -0.4 is 5.73 Å². The van der Waals surface area contributed by atoms with E-state index in [0.717, 1.165) is 24.8 Å². The lowest BCUT2D eigenvalue weighted by molar-refractivity contribution is 0.616. The number of aryl methyl sites for hydroxylation is 3. The van der Waals surface area contributed by atoms with Crippen LogP contribution in [0.15, 0.2) is 18.2 Å². The van der Waals surface area contributed by atoms with Gasteiger partial charge in [0.05, 0.1) is 5.69 Å². The normalized spacial score (nSPS) is 14.6. The highest BCUT2D eigenvalue weighted by atomic mass is 19.1. The molecule has 1 aliphatic rings. The first-order chi connectivity index (χ1) is 8.65. The van der Waals surface area contributed by atoms with E-state index < -0.39 is 0 Å². The first kappa shape index (κ1) is 11.3. The molecule has 1 aromatic carbocycles. The molecule has 0 aliphatic heterocycles. The number of aromatic nitrogens is 2. The first-order valence-electron chi connectivity index (χ1n) is 6.26. The van der Waals surface area contributed by atoms with Gasteiger partial charge in [0.15, 0.2) is 0 Å². The Balaban J connectivity index is 2.11. The van der Waals surface area contributed by atoms with Crippen molar-refractivity contribution < 1.29 is 4.39 Å². The van der Waals surface area contributed by atoms with Crippen LogP contribution in [0.2, 0.25) is 0 Å². The molecule has 0 radical (unpaired) electrons. The van der Waals surface area contributed by atoms with Gasteiger partial charge in [0.25, 0.3) is 0 Å². The summed E-state index contributed by atoms with van der Waals surface area (Å²) in [6.07, 6.45) is 4.35. The summed E-state index contributed by atoms with van der Waals surface area (Å²) in [6.45, 7) is 0. The van der Waals surface area contributed by atoms with Crippen molar-refractivity contribution in [3.8, 4) is 11.3 Å². The molecule has 1 aliphatic carbocycles. The Hall–Kier alpha value is -1.84. The summed E-state index contributed by atoms with van der Waals surface area (Å²) in [5, 5.41) is 4.24. The smallest absolute Gasteiger partial charge is 0.132 e. The van der Waals surface area contributed by atoms with E-state index in [9.17, 15) is 4.39 Å². The van der Waals surface area contributed by atoms with E-state index >= 15 is 0 Å². The van der Waals surface area contributed by atoms with Gasteiger partial charge in [-0.15, -0.1) is 0 Å². The van der Waals surface area contributed by atoms with Gasteiger partial charge in [-0.05, 0) is 48.9 Å². The molecule has 0 spiro atoms. The number of fused-ring (bicyclic) bond motifs is 1. The Bertz CT molecular complexity index is 582. The van der Waals surface area contributed by atoms with Crippen LogP contribution in [-0.2, 0) is 19.9 Å². The van der Waals surface area contributed by atoms with Crippen LogP contribution in [0, 0.1) is 5.82 Å². The van der Waals surface area contributed by atoms with Crippen molar-refractivity contribution in [2.24, 2.45) is 7.05 Å². The number of nitrogen functional groups attached to an aromatic ring is 1. The molecule has 0 saturated heterocycles. The van der Waals surface area contributed by atoms with Gasteiger partial charge in [0.2, 0.25) is 0 Å². The van der Waals surface area contributed by atoms with Crippen molar-refractivity contribution in [3.05, 3.63) is 35.1 Å². The van der Waals surface area contributed by atoms with Gasteiger partial charge in [-0.3, -0.25) is 4.68 Å². The second kappa shape index (κ2) is 4.12. The highest BCUT2D eigenvalue weighted by Gasteiger charge is 2.16. The quantitative estimate of drug-likeness (QED) is 0.839. The van der Waals surface area contributed by atoms with E-state index in [2.05, 4.69) is 5.10 Å². The molecule has 2 aromatic rings. The molecule has 1 heterocycles. The number of halogens is 1. The van der Waals surface area contributed by atoms with E-state index in [0.29, 0.717) is 17.1 Å². The second-order valence-corrected chi connectivity index (χ2v) is 4.89. The zero-order chi connectivity index (χ0) is 12.7. The molecule has 2 N–H and O–H groups in total. The van der Waals surface area contributed by atoms with E-state index in [1.54, 1.807) is 23.9 Å². The average molecular weight is 245 g/mol. The van der Waals surface area contributed by atoms with Crippen LogP contribution in [0.5, 0.6) is 0 Å². The molecule has 0 amide bonds. The third-order valence-electron chi connectivity index (χ3n) is 3.62. The van der Waals surface area contributed by atoms with Gasteiger partial charge in [-0.25, -0.2) is 4.39 Å². The van der Waals surface area contributed by atoms with Crippen LogP contribution in [0.25, 0.3) is 11.3 Å². The molecule has 1 aromatic heterocycles. The fraction of sp³-hybridized carbons (Fsp3) is 0.357. The fourth-order valence-electron chi connectivity index (χ4n) is 2.57. The number of hydrogen-bond acceptors (Lipinski definition) is 2. The predicted molar refractivity (Wildman–Crippen MR) is 69.7 cm³/mol. The monoisotopic (exact) mass is 245 g/mol. The van der Waals surface area contributed by atoms with Gasteiger partial charge in [0.1, 0.15) is 11.6 Å². The molecule has 0 atom stereocenters. The van der Waals surface area contributed by atoms with Crippen molar-refractivity contribution in [3.63, 3.8) is 0 Å². The van der Waals surface area contributed by atoms with Crippen LogP contribution in [-0.4, -0.2) is 9.78 Å². The lowest BCUT2D eigenvalue weighted by Crippen LogP contribution is -2.04. The van der Waals surface area contributed by atoms with Crippen molar-refractivity contribution in [1.82, 2.24) is 9.78 Å². The van der Waals surface area contributed by atoms with Gasteiger partial charge in [0, 0.05) is 18.7 Å². The number of hydrogen-bond donors (Lipinski definition) is 1. The minimum absolute atomic E-state index is 0.200. The highest BCUT2D eigenvalue weighted by Crippen LogP contribution is 2.30. The van der Waals surface area contributed by atoms with Crippen LogP contribution in [0.1, 0.15) is 24.0 Å². The highest BCUT2D eigenvalue weighted by molar-refractivity contribution is 5.65. The topological polar surface area (TPSA) is 43.8 Å². The summed E-state index contributed by atoms with van der Waals surface area (Å²) in [4.78, 5) is 0. The van der Waals surface area contributed by atoms with Crippen molar-refractivity contribution in [2.45, 2.75) is 25.7 Å². The number of benzene rings is 1. The van der Waals surface area contributed by atoms with Crippen molar-refractivity contribution in [2.75, 3.05) is 5.73 Å². The second-order valence-electron chi connectivity index (χ2n) is 4.89. The minimum atomic E-state index is -0.200. The first-order valence-corrected chi connectivity index (χ1v) is 6.26. The molecule has 3 rings (SSSR count). The summed E-state index contributed by atoms with van der Waals surface area (Å²) in [7, 11) is 1.76. The molecule has 0 fully saturated rings.